The van der Waals surface area contributed by atoms with Crippen LogP contribution in [-0.2, 0) is 16.2 Å². The van der Waals surface area contributed by atoms with Crippen LogP contribution in [0.5, 0.6) is 17.2 Å². The summed E-state index contributed by atoms with van der Waals surface area (Å²) < 4.78 is 29.9. The van der Waals surface area contributed by atoms with E-state index in [9.17, 15) is 14.0 Å². The Bertz CT molecular complexity index is 1180. The number of anilines is 1. The van der Waals surface area contributed by atoms with Gasteiger partial charge in [-0.05, 0) is 67.4 Å². The molecule has 35 heavy (non-hydrogen) atoms. The Labute approximate surface area is 202 Å². The number of nitrogens with one attached hydrogen (secondary N) is 2. The van der Waals surface area contributed by atoms with Gasteiger partial charge < -0.3 is 19.5 Å². The van der Waals surface area contributed by atoms with E-state index in [1.807, 2.05) is 13.8 Å². The van der Waals surface area contributed by atoms with Crippen molar-refractivity contribution >= 4 is 23.7 Å². The van der Waals surface area contributed by atoms with Crippen molar-refractivity contribution in [2.75, 3.05) is 18.5 Å². The third kappa shape index (κ3) is 7.56. The molecule has 0 saturated carbocycles. The summed E-state index contributed by atoms with van der Waals surface area (Å²) in [4.78, 5) is 24.3. The standard InChI is InChI=1S/C26H26FN3O5/c1-3-33-22-8-6-5-7-21(22)29-25(31)26(32)30-28-16-19-11-14-23(24(15-19)34-4-2)35-17-18-9-12-20(27)13-10-18/h5-16H,3-4,17H2,1-2H3,(H,29,31)(H,30,32)/b28-16-. The first kappa shape index (κ1) is 25.2. The van der Waals surface area contributed by atoms with Crippen LogP contribution in [0.1, 0.15) is 25.0 Å². The monoisotopic (exact) mass is 479 g/mol. The Morgan fingerprint density at radius 3 is 2.31 bits per heavy atom. The van der Waals surface area contributed by atoms with Crippen LogP contribution in [0.3, 0.4) is 0 Å². The summed E-state index contributed by atoms with van der Waals surface area (Å²) >= 11 is 0. The molecule has 8 nitrogen and oxygen atoms in total. The second-order valence-corrected chi connectivity index (χ2v) is 7.14. The largest absolute Gasteiger partial charge is 0.492 e. The number of hydrazone groups is 1. The molecule has 0 bridgehead atoms. The fourth-order valence-electron chi connectivity index (χ4n) is 2.98. The minimum Gasteiger partial charge on any atom is -0.492 e. The Kier molecular flexibility index (Phi) is 9.18. The highest BCUT2D eigenvalue weighted by atomic mass is 19.1. The molecule has 0 saturated heterocycles. The van der Waals surface area contributed by atoms with Gasteiger partial charge in [-0.2, -0.15) is 5.10 Å². The first-order valence-electron chi connectivity index (χ1n) is 11.0. The maximum Gasteiger partial charge on any atom is 0.329 e. The smallest absolute Gasteiger partial charge is 0.329 e. The van der Waals surface area contributed by atoms with Crippen molar-refractivity contribution in [1.29, 1.82) is 0 Å². The molecule has 0 aliphatic carbocycles. The van der Waals surface area contributed by atoms with Crippen molar-refractivity contribution < 1.29 is 28.2 Å². The fourth-order valence-corrected chi connectivity index (χ4v) is 2.98. The zero-order chi connectivity index (χ0) is 25.0. The molecule has 9 heteroatoms. The van der Waals surface area contributed by atoms with Gasteiger partial charge in [0.05, 0.1) is 25.1 Å². The Balaban J connectivity index is 1.59. The molecule has 0 spiro atoms. The number of benzene rings is 3. The number of carbonyl (C=O) groups is 2. The number of nitrogens with zero attached hydrogens (tertiary/aromatic N) is 1. The van der Waals surface area contributed by atoms with Crippen molar-refractivity contribution in [3.63, 3.8) is 0 Å². The van der Waals surface area contributed by atoms with Gasteiger partial charge in [0.2, 0.25) is 0 Å². The van der Waals surface area contributed by atoms with Crippen LogP contribution in [-0.4, -0.2) is 31.2 Å². The van der Waals surface area contributed by atoms with E-state index in [0.29, 0.717) is 41.7 Å². The normalized spacial score (nSPS) is 10.6. The molecule has 0 fully saturated rings. The Morgan fingerprint density at radius 1 is 0.857 bits per heavy atom. The summed E-state index contributed by atoms with van der Waals surface area (Å²) in [5.41, 5.74) is 4.01. The molecule has 0 heterocycles. The molecule has 182 valence electrons. The number of hydrogen-bond acceptors (Lipinski definition) is 6. The number of amides is 2. The fraction of sp³-hybridized carbons (Fsp3) is 0.192. The van der Waals surface area contributed by atoms with Crippen LogP contribution >= 0.6 is 0 Å². The van der Waals surface area contributed by atoms with Crippen LogP contribution in [0.2, 0.25) is 0 Å². The van der Waals surface area contributed by atoms with Crippen molar-refractivity contribution in [3.05, 3.63) is 83.7 Å². The quantitative estimate of drug-likeness (QED) is 0.257. The van der Waals surface area contributed by atoms with Gasteiger partial charge in [-0.3, -0.25) is 9.59 Å². The van der Waals surface area contributed by atoms with Crippen LogP contribution in [0.4, 0.5) is 10.1 Å². The number of rotatable bonds is 10. The molecule has 0 radical (unpaired) electrons. The molecule has 3 aromatic rings. The maximum atomic E-state index is 13.1. The Morgan fingerprint density at radius 2 is 1.57 bits per heavy atom. The second kappa shape index (κ2) is 12.7. The second-order valence-electron chi connectivity index (χ2n) is 7.14. The van der Waals surface area contributed by atoms with Crippen molar-refractivity contribution in [2.45, 2.75) is 20.5 Å². The summed E-state index contributed by atoms with van der Waals surface area (Å²) in [6.07, 6.45) is 1.38. The summed E-state index contributed by atoms with van der Waals surface area (Å²) in [5, 5.41) is 6.35. The Hall–Kier alpha value is -4.40. The number of para-hydroxylation sites is 2. The van der Waals surface area contributed by atoms with Crippen molar-refractivity contribution in [2.24, 2.45) is 5.10 Å². The van der Waals surface area contributed by atoms with Gasteiger partial charge in [0, 0.05) is 0 Å². The first-order chi connectivity index (χ1) is 17.0. The van der Waals surface area contributed by atoms with E-state index in [0.717, 1.165) is 5.56 Å². The van der Waals surface area contributed by atoms with E-state index >= 15 is 0 Å². The van der Waals surface area contributed by atoms with Crippen LogP contribution in [0.15, 0.2) is 71.8 Å². The molecule has 0 atom stereocenters. The van der Waals surface area contributed by atoms with Crippen molar-refractivity contribution in [1.82, 2.24) is 5.43 Å². The van der Waals surface area contributed by atoms with Gasteiger partial charge >= 0.3 is 11.8 Å². The average Bonchev–Trinajstić information content (AvgIpc) is 2.86. The van der Waals surface area contributed by atoms with E-state index in [1.165, 1.54) is 18.3 Å². The number of carbonyl (C=O) groups excluding carboxylic acids is 2. The SMILES string of the molecule is CCOc1ccccc1NC(=O)C(=O)N/N=C\c1ccc(OCc2ccc(F)cc2)c(OCC)c1. The molecule has 3 rings (SSSR count). The van der Waals surface area contributed by atoms with Gasteiger partial charge in [-0.25, -0.2) is 9.82 Å². The molecule has 0 aromatic heterocycles. The molecule has 3 aromatic carbocycles. The molecule has 0 aliphatic rings. The summed E-state index contributed by atoms with van der Waals surface area (Å²) in [6, 6.07) is 17.9. The van der Waals surface area contributed by atoms with Crippen LogP contribution in [0, 0.1) is 5.82 Å². The predicted molar refractivity (Wildman–Crippen MR) is 130 cm³/mol. The summed E-state index contributed by atoms with van der Waals surface area (Å²) in [7, 11) is 0. The van der Waals surface area contributed by atoms with E-state index in [-0.39, 0.29) is 12.4 Å². The molecule has 2 amide bonds. The highest BCUT2D eigenvalue weighted by molar-refractivity contribution is 6.39. The van der Waals surface area contributed by atoms with E-state index < -0.39 is 11.8 Å². The third-order valence-electron chi connectivity index (χ3n) is 4.60. The van der Waals surface area contributed by atoms with E-state index in [1.54, 1.807) is 54.6 Å². The van der Waals surface area contributed by atoms with Crippen LogP contribution in [0.25, 0.3) is 0 Å². The topological polar surface area (TPSA) is 98.2 Å². The maximum absolute atomic E-state index is 13.1. The third-order valence-corrected chi connectivity index (χ3v) is 4.60. The molecule has 2 N–H and O–H groups in total. The van der Waals surface area contributed by atoms with Gasteiger partial charge in [0.15, 0.2) is 11.5 Å². The molecule has 0 unspecified atom stereocenters. The highest BCUT2D eigenvalue weighted by Crippen LogP contribution is 2.29. The lowest BCUT2D eigenvalue weighted by Gasteiger charge is -2.12. The first-order valence-corrected chi connectivity index (χ1v) is 11.0. The predicted octanol–water partition coefficient (Wildman–Crippen LogP) is 4.29. The zero-order valence-corrected chi connectivity index (χ0v) is 19.4. The average molecular weight is 480 g/mol. The zero-order valence-electron chi connectivity index (χ0n) is 19.4. The minimum atomic E-state index is -0.933. The van der Waals surface area contributed by atoms with Gasteiger partial charge in [0.25, 0.3) is 0 Å². The molecular weight excluding hydrogens is 453 g/mol. The van der Waals surface area contributed by atoms with Crippen LogP contribution < -0.4 is 25.0 Å². The lowest BCUT2D eigenvalue weighted by molar-refractivity contribution is -0.136. The lowest BCUT2D eigenvalue weighted by atomic mass is 10.2. The lowest BCUT2D eigenvalue weighted by Crippen LogP contribution is -2.32. The van der Waals surface area contributed by atoms with Gasteiger partial charge in [0.1, 0.15) is 18.2 Å². The van der Waals surface area contributed by atoms with Crippen molar-refractivity contribution in [3.8, 4) is 17.2 Å². The molecule has 0 aliphatic heterocycles. The van der Waals surface area contributed by atoms with E-state index in [4.69, 9.17) is 14.2 Å². The summed E-state index contributed by atoms with van der Waals surface area (Å²) in [5.74, 6) is -0.678. The molecular formula is C26H26FN3O5. The van der Waals surface area contributed by atoms with E-state index in [2.05, 4.69) is 15.8 Å². The number of hydrogen-bond donors (Lipinski definition) is 2. The van der Waals surface area contributed by atoms with Gasteiger partial charge in [-0.15, -0.1) is 0 Å². The minimum absolute atomic E-state index is 0.241. The summed E-state index contributed by atoms with van der Waals surface area (Å²) in [6.45, 7) is 4.73. The highest BCUT2D eigenvalue weighted by Gasteiger charge is 2.15. The van der Waals surface area contributed by atoms with Gasteiger partial charge in [-0.1, -0.05) is 24.3 Å². The number of halogens is 1. The number of ether oxygens (including phenoxy) is 3.